The quantitative estimate of drug-likeness (QED) is 0.640. The Balaban J connectivity index is 1.39. The van der Waals surface area contributed by atoms with Crippen molar-refractivity contribution in [1.82, 2.24) is 15.1 Å². The molecule has 1 saturated heterocycles. The van der Waals surface area contributed by atoms with E-state index < -0.39 is 0 Å². The molecule has 30 heavy (non-hydrogen) atoms. The van der Waals surface area contributed by atoms with Gasteiger partial charge in [0.15, 0.2) is 0 Å². The molecule has 160 valence electrons. The van der Waals surface area contributed by atoms with Gasteiger partial charge in [-0.1, -0.05) is 67.1 Å². The van der Waals surface area contributed by atoms with E-state index in [2.05, 4.69) is 70.6 Å². The highest BCUT2D eigenvalue weighted by Gasteiger charge is 2.15. The van der Waals surface area contributed by atoms with E-state index in [1.807, 2.05) is 13.0 Å². The lowest BCUT2D eigenvalue weighted by atomic mass is 10.1. The Bertz CT molecular complexity index is 806. The number of benzene rings is 2. The fourth-order valence-corrected chi connectivity index (χ4v) is 3.81. The van der Waals surface area contributed by atoms with Gasteiger partial charge in [0, 0.05) is 45.3 Å². The Labute approximate surface area is 181 Å². The molecule has 0 aliphatic carbocycles. The minimum atomic E-state index is -0.0153. The molecule has 0 spiro atoms. The second-order valence-electron chi connectivity index (χ2n) is 8.22. The van der Waals surface area contributed by atoms with Crippen LogP contribution in [-0.2, 0) is 24.3 Å². The molecule has 1 N–H and O–H groups in total. The van der Waals surface area contributed by atoms with Crippen LogP contribution < -0.4 is 5.32 Å². The van der Waals surface area contributed by atoms with Crippen LogP contribution in [0.15, 0.2) is 66.2 Å². The topological polar surface area (TPSA) is 35.6 Å². The number of hydrogen-bond acceptors (Lipinski definition) is 3. The zero-order chi connectivity index (χ0) is 21.2. The summed E-state index contributed by atoms with van der Waals surface area (Å²) in [5, 5.41) is 3.01. The van der Waals surface area contributed by atoms with Gasteiger partial charge in [-0.25, -0.2) is 0 Å². The summed E-state index contributed by atoms with van der Waals surface area (Å²) in [4.78, 5) is 17.2. The molecule has 2 aromatic carbocycles. The summed E-state index contributed by atoms with van der Waals surface area (Å²) in [6.45, 7) is 11.6. The lowest BCUT2D eigenvalue weighted by Crippen LogP contribution is -2.45. The number of likely N-dealkylation sites (N-methyl/N-ethyl adjacent to an activating group) is 1. The van der Waals surface area contributed by atoms with E-state index in [0.29, 0.717) is 6.54 Å². The predicted molar refractivity (Wildman–Crippen MR) is 124 cm³/mol. The number of carbonyl (C=O) groups is 1. The molecule has 1 fully saturated rings. The second-order valence-corrected chi connectivity index (χ2v) is 8.22. The summed E-state index contributed by atoms with van der Waals surface area (Å²) in [7, 11) is 0. The van der Waals surface area contributed by atoms with Gasteiger partial charge in [-0.2, -0.15) is 0 Å². The molecule has 1 aliphatic rings. The summed E-state index contributed by atoms with van der Waals surface area (Å²) in [5.41, 5.74) is 4.89. The van der Waals surface area contributed by atoms with Crippen LogP contribution >= 0.6 is 0 Å². The molecule has 1 heterocycles. The van der Waals surface area contributed by atoms with Gasteiger partial charge in [0.1, 0.15) is 0 Å². The van der Waals surface area contributed by atoms with E-state index in [0.717, 1.165) is 50.2 Å². The highest BCUT2D eigenvalue weighted by molar-refractivity contribution is 5.88. The number of aryl methyl sites for hydroxylation is 1. The summed E-state index contributed by atoms with van der Waals surface area (Å²) < 4.78 is 0. The molecule has 2 aromatic rings. The fraction of sp³-hybridized carbons (Fsp3) is 0.423. The van der Waals surface area contributed by atoms with Crippen molar-refractivity contribution in [3.63, 3.8) is 0 Å². The molecule has 0 atom stereocenters. The average Bonchev–Trinajstić information content (AvgIpc) is 2.78. The van der Waals surface area contributed by atoms with Gasteiger partial charge >= 0.3 is 0 Å². The van der Waals surface area contributed by atoms with Crippen molar-refractivity contribution in [2.75, 3.05) is 32.7 Å². The third kappa shape index (κ3) is 7.43. The monoisotopic (exact) mass is 405 g/mol. The van der Waals surface area contributed by atoms with E-state index in [1.54, 1.807) is 6.08 Å². The van der Waals surface area contributed by atoms with E-state index in [-0.39, 0.29) is 5.91 Å². The van der Waals surface area contributed by atoms with E-state index in [1.165, 1.54) is 24.2 Å². The second kappa shape index (κ2) is 11.7. The maximum absolute atomic E-state index is 12.2. The molecule has 1 aliphatic heterocycles. The molecule has 0 bridgehead atoms. The average molecular weight is 406 g/mol. The van der Waals surface area contributed by atoms with Gasteiger partial charge in [-0.05, 0) is 43.0 Å². The van der Waals surface area contributed by atoms with Gasteiger partial charge in [-0.15, -0.1) is 0 Å². The highest BCUT2D eigenvalue weighted by atomic mass is 16.1. The highest BCUT2D eigenvalue weighted by Crippen LogP contribution is 2.11. The maximum Gasteiger partial charge on any atom is 0.244 e. The largest absolute Gasteiger partial charge is 0.348 e. The maximum atomic E-state index is 12.2. The molecular weight excluding hydrogens is 370 g/mol. The molecule has 0 radical (unpaired) electrons. The molecule has 0 aromatic heterocycles. The first-order chi connectivity index (χ1) is 14.6. The van der Waals surface area contributed by atoms with Crippen LogP contribution in [0.3, 0.4) is 0 Å². The number of amides is 1. The van der Waals surface area contributed by atoms with Crippen molar-refractivity contribution in [2.45, 2.75) is 39.8 Å². The van der Waals surface area contributed by atoms with Crippen LogP contribution in [0.25, 0.3) is 0 Å². The van der Waals surface area contributed by atoms with Crippen LogP contribution in [0, 0.1) is 0 Å². The van der Waals surface area contributed by atoms with Crippen LogP contribution in [0.4, 0.5) is 0 Å². The van der Waals surface area contributed by atoms with Crippen molar-refractivity contribution in [1.29, 1.82) is 0 Å². The molecule has 4 heteroatoms. The number of allylic oxidation sites excluding steroid dienone is 1. The van der Waals surface area contributed by atoms with Crippen molar-refractivity contribution in [3.05, 3.63) is 82.9 Å². The van der Waals surface area contributed by atoms with E-state index in [4.69, 9.17) is 0 Å². The van der Waals surface area contributed by atoms with Crippen LogP contribution in [-0.4, -0.2) is 48.4 Å². The normalized spacial score (nSPS) is 15.9. The van der Waals surface area contributed by atoms with Crippen molar-refractivity contribution >= 4 is 5.91 Å². The molecule has 0 unspecified atom stereocenters. The van der Waals surface area contributed by atoms with Crippen molar-refractivity contribution in [3.8, 4) is 0 Å². The first kappa shape index (κ1) is 22.3. The summed E-state index contributed by atoms with van der Waals surface area (Å²) in [5.74, 6) is -0.0153. The van der Waals surface area contributed by atoms with Crippen molar-refractivity contribution < 1.29 is 4.79 Å². The SMILES string of the molecule is CCN1CCN(Cc2ccc(CNC(=O)/C=C(\C)CCc3ccccc3)cc2)CC1. The minimum Gasteiger partial charge on any atom is -0.348 e. The first-order valence-electron chi connectivity index (χ1n) is 11.1. The van der Waals surface area contributed by atoms with E-state index >= 15 is 0 Å². The number of rotatable bonds is 9. The Morgan fingerprint density at radius 3 is 2.20 bits per heavy atom. The molecular formula is C26H35N3O. The minimum absolute atomic E-state index is 0.0153. The molecule has 1 amide bonds. The Morgan fingerprint density at radius 2 is 1.53 bits per heavy atom. The Morgan fingerprint density at radius 1 is 0.900 bits per heavy atom. The van der Waals surface area contributed by atoms with Gasteiger partial charge in [0.2, 0.25) is 5.91 Å². The van der Waals surface area contributed by atoms with E-state index in [9.17, 15) is 4.79 Å². The summed E-state index contributed by atoms with van der Waals surface area (Å²) in [6.07, 6.45) is 3.59. The Hall–Kier alpha value is -2.43. The van der Waals surface area contributed by atoms with Gasteiger partial charge < -0.3 is 10.2 Å². The number of carbonyl (C=O) groups excluding carboxylic acids is 1. The zero-order valence-corrected chi connectivity index (χ0v) is 18.4. The number of nitrogens with one attached hydrogen (secondary N) is 1. The number of piperazine rings is 1. The lowest BCUT2D eigenvalue weighted by molar-refractivity contribution is -0.116. The lowest BCUT2D eigenvalue weighted by Gasteiger charge is -2.34. The van der Waals surface area contributed by atoms with Gasteiger partial charge in [0.25, 0.3) is 0 Å². The third-order valence-electron chi connectivity index (χ3n) is 5.84. The van der Waals surface area contributed by atoms with Gasteiger partial charge in [-0.3, -0.25) is 9.69 Å². The first-order valence-corrected chi connectivity index (χ1v) is 11.1. The zero-order valence-electron chi connectivity index (χ0n) is 18.4. The van der Waals surface area contributed by atoms with Gasteiger partial charge in [0.05, 0.1) is 0 Å². The summed E-state index contributed by atoms with van der Waals surface area (Å²) in [6, 6.07) is 19.0. The number of hydrogen-bond donors (Lipinski definition) is 1. The summed E-state index contributed by atoms with van der Waals surface area (Å²) >= 11 is 0. The smallest absolute Gasteiger partial charge is 0.244 e. The molecule has 4 nitrogen and oxygen atoms in total. The van der Waals surface area contributed by atoms with Crippen molar-refractivity contribution in [2.24, 2.45) is 0 Å². The van der Waals surface area contributed by atoms with Crippen LogP contribution in [0.2, 0.25) is 0 Å². The fourth-order valence-electron chi connectivity index (χ4n) is 3.81. The third-order valence-corrected chi connectivity index (χ3v) is 5.84. The van der Waals surface area contributed by atoms with Crippen LogP contribution in [0.5, 0.6) is 0 Å². The predicted octanol–water partition coefficient (Wildman–Crippen LogP) is 4.02. The molecule has 0 saturated carbocycles. The van der Waals surface area contributed by atoms with Crippen LogP contribution in [0.1, 0.15) is 37.0 Å². The number of nitrogens with zero attached hydrogens (tertiary/aromatic N) is 2. The molecule has 3 rings (SSSR count). The Kier molecular flexibility index (Phi) is 8.66. The standard InChI is InChI=1S/C26H35N3O/c1-3-28-15-17-29(18-16-28)21-25-13-11-24(12-14-25)20-27-26(30)19-22(2)9-10-23-7-5-4-6-8-23/h4-8,11-14,19H,3,9-10,15-18,20-21H2,1-2H3,(H,27,30)/b22-19+.